The highest BCUT2D eigenvalue weighted by Crippen LogP contribution is 2.33. The average molecular weight is 380 g/mol. The van der Waals surface area contributed by atoms with Crippen LogP contribution in [0.4, 0.5) is 5.69 Å². The lowest BCUT2D eigenvalue weighted by Gasteiger charge is -2.33. The number of nitrogens with zero attached hydrogens (tertiary/aromatic N) is 2. The van der Waals surface area contributed by atoms with Gasteiger partial charge in [0.1, 0.15) is 0 Å². The van der Waals surface area contributed by atoms with Gasteiger partial charge in [-0.15, -0.1) is 0 Å². The van der Waals surface area contributed by atoms with Crippen molar-refractivity contribution >= 4 is 17.5 Å². The molecular formula is C23H29N3O2. The van der Waals surface area contributed by atoms with Crippen LogP contribution in [0.5, 0.6) is 0 Å². The molecule has 5 heteroatoms. The number of rotatable bonds is 6. The Kier molecular flexibility index (Phi) is 6.47. The van der Waals surface area contributed by atoms with Crippen LogP contribution in [-0.2, 0) is 16.0 Å². The lowest BCUT2D eigenvalue weighted by atomic mass is 9.87. The Labute approximate surface area is 167 Å². The van der Waals surface area contributed by atoms with E-state index in [1.807, 2.05) is 38.2 Å². The highest BCUT2D eigenvalue weighted by molar-refractivity contribution is 5.94. The van der Waals surface area contributed by atoms with E-state index in [0.717, 1.165) is 30.5 Å². The van der Waals surface area contributed by atoms with Gasteiger partial charge in [-0.25, -0.2) is 0 Å². The first-order valence-electron chi connectivity index (χ1n) is 9.82. The molecule has 5 nitrogen and oxygen atoms in total. The molecule has 0 saturated heterocycles. The molecule has 2 aromatic rings. The molecule has 0 aromatic heterocycles. The van der Waals surface area contributed by atoms with E-state index in [2.05, 4.69) is 34.5 Å². The quantitative estimate of drug-likeness (QED) is 0.837. The monoisotopic (exact) mass is 379 g/mol. The number of fused-ring (bicyclic) bond motifs is 1. The van der Waals surface area contributed by atoms with Crippen molar-refractivity contribution in [3.63, 3.8) is 0 Å². The van der Waals surface area contributed by atoms with Crippen LogP contribution in [0.2, 0.25) is 0 Å². The Morgan fingerprint density at radius 2 is 1.75 bits per heavy atom. The topological polar surface area (TPSA) is 52.7 Å². The molecule has 1 atom stereocenters. The molecule has 0 bridgehead atoms. The van der Waals surface area contributed by atoms with Crippen molar-refractivity contribution in [2.75, 3.05) is 32.5 Å². The van der Waals surface area contributed by atoms with Crippen molar-refractivity contribution in [1.29, 1.82) is 0 Å². The summed E-state index contributed by atoms with van der Waals surface area (Å²) in [6.07, 6.45) is 3.29. The first-order valence-corrected chi connectivity index (χ1v) is 9.82. The molecule has 0 spiro atoms. The van der Waals surface area contributed by atoms with Gasteiger partial charge in [0.2, 0.25) is 11.8 Å². The summed E-state index contributed by atoms with van der Waals surface area (Å²) in [5.74, 6) is -0.241. The van der Waals surface area contributed by atoms with Crippen molar-refractivity contribution in [3.05, 3.63) is 65.2 Å². The number of aryl methyl sites for hydroxylation is 2. The van der Waals surface area contributed by atoms with E-state index < -0.39 is 0 Å². The maximum absolute atomic E-state index is 12.6. The number of benzene rings is 2. The predicted molar refractivity (Wildman–Crippen MR) is 112 cm³/mol. The van der Waals surface area contributed by atoms with Crippen LogP contribution in [0, 0.1) is 6.92 Å². The van der Waals surface area contributed by atoms with Gasteiger partial charge in [-0.05, 0) is 56.5 Å². The van der Waals surface area contributed by atoms with Crippen LogP contribution in [0.1, 0.15) is 35.6 Å². The molecule has 1 aliphatic carbocycles. The maximum atomic E-state index is 12.6. The standard InChI is InChI=1S/C23H29N3O2/c1-17-11-13-19(14-12-17)24-22(27)15-26(3)23(28)16-25(2)21-10-6-8-18-7-4-5-9-20(18)21/h4-5,7,9,11-14,21H,6,8,10,15-16H2,1-3H3,(H,24,27)/t21-/m0/s1. The van der Waals surface area contributed by atoms with E-state index in [1.54, 1.807) is 7.05 Å². The summed E-state index contributed by atoms with van der Waals surface area (Å²) in [4.78, 5) is 28.5. The number of anilines is 1. The van der Waals surface area contributed by atoms with Gasteiger partial charge < -0.3 is 10.2 Å². The second-order valence-corrected chi connectivity index (χ2v) is 7.69. The lowest BCUT2D eigenvalue weighted by Crippen LogP contribution is -2.42. The first-order chi connectivity index (χ1) is 13.4. The van der Waals surface area contributed by atoms with Gasteiger partial charge in [-0.3, -0.25) is 14.5 Å². The smallest absolute Gasteiger partial charge is 0.243 e. The third kappa shape index (κ3) is 4.98. The number of amides is 2. The minimum Gasteiger partial charge on any atom is -0.335 e. The van der Waals surface area contributed by atoms with Gasteiger partial charge in [0, 0.05) is 18.8 Å². The van der Waals surface area contributed by atoms with Gasteiger partial charge in [-0.2, -0.15) is 0 Å². The van der Waals surface area contributed by atoms with Crippen molar-refractivity contribution in [2.24, 2.45) is 0 Å². The lowest BCUT2D eigenvalue weighted by molar-refractivity contribution is -0.134. The fraction of sp³-hybridized carbons (Fsp3) is 0.391. The van der Waals surface area contributed by atoms with E-state index in [-0.39, 0.29) is 24.4 Å². The Morgan fingerprint density at radius 1 is 1.04 bits per heavy atom. The normalized spacial score (nSPS) is 15.8. The van der Waals surface area contributed by atoms with Gasteiger partial charge in [0.05, 0.1) is 13.1 Å². The summed E-state index contributed by atoms with van der Waals surface area (Å²) in [6.45, 7) is 2.34. The third-order valence-corrected chi connectivity index (χ3v) is 5.40. The summed E-state index contributed by atoms with van der Waals surface area (Å²) in [5, 5.41) is 2.84. The highest BCUT2D eigenvalue weighted by atomic mass is 16.2. The number of carbonyl (C=O) groups is 2. The maximum Gasteiger partial charge on any atom is 0.243 e. The zero-order valence-corrected chi connectivity index (χ0v) is 16.9. The minimum atomic E-state index is -0.189. The molecule has 0 unspecified atom stereocenters. The van der Waals surface area contributed by atoms with E-state index in [4.69, 9.17) is 0 Å². The summed E-state index contributed by atoms with van der Waals surface area (Å²) in [5.41, 5.74) is 4.58. The van der Waals surface area contributed by atoms with Gasteiger partial charge in [0.15, 0.2) is 0 Å². The molecule has 28 heavy (non-hydrogen) atoms. The minimum absolute atomic E-state index is 0.0435. The van der Waals surface area contributed by atoms with Crippen molar-refractivity contribution < 1.29 is 9.59 Å². The van der Waals surface area contributed by atoms with Crippen molar-refractivity contribution in [3.8, 4) is 0 Å². The SMILES string of the molecule is Cc1ccc(NC(=O)CN(C)C(=O)CN(C)[C@H]2CCCc3ccccc32)cc1. The summed E-state index contributed by atoms with van der Waals surface area (Å²) in [7, 11) is 3.67. The number of nitrogens with one attached hydrogen (secondary N) is 1. The number of hydrogen-bond acceptors (Lipinski definition) is 3. The highest BCUT2D eigenvalue weighted by Gasteiger charge is 2.25. The van der Waals surface area contributed by atoms with Crippen LogP contribution in [-0.4, -0.2) is 48.8 Å². The van der Waals surface area contributed by atoms with Crippen LogP contribution < -0.4 is 5.32 Å². The number of likely N-dealkylation sites (N-methyl/N-ethyl adjacent to an activating group) is 2. The fourth-order valence-electron chi connectivity index (χ4n) is 3.77. The van der Waals surface area contributed by atoms with Gasteiger partial charge in [-0.1, -0.05) is 42.0 Å². The Balaban J connectivity index is 1.54. The summed E-state index contributed by atoms with van der Waals surface area (Å²) < 4.78 is 0. The van der Waals surface area contributed by atoms with E-state index in [1.165, 1.54) is 16.0 Å². The number of carbonyl (C=O) groups excluding carboxylic acids is 2. The Hall–Kier alpha value is -2.66. The van der Waals surface area contributed by atoms with Crippen LogP contribution in [0.25, 0.3) is 0 Å². The van der Waals surface area contributed by atoms with Gasteiger partial charge in [0.25, 0.3) is 0 Å². The third-order valence-electron chi connectivity index (χ3n) is 5.40. The average Bonchev–Trinajstić information content (AvgIpc) is 2.69. The molecular weight excluding hydrogens is 350 g/mol. The Morgan fingerprint density at radius 3 is 2.50 bits per heavy atom. The van der Waals surface area contributed by atoms with Gasteiger partial charge >= 0.3 is 0 Å². The summed E-state index contributed by atoms with van der Waals surface area (Å²) in [6, 6.07) is 16.4. The Bertz CT molecular complexity index is 832. The molecule has 2 amide bonds. The second-order valence-electron chi connectivity index (χ2n) is 7.69. The molecule has 2 aromatic carbocycles. The first kappa shape index (κ1) is 20.1. The second kappa shape index (κ2) is 9.02. The summed E-state index contributed by atoms with van der Waals surface area (Å²) >= 11 is 0. The van der Waals surface area contributed by atoms with E-state index in [9.17, 15) is 9.59 Å². The van der Waals surface area contributed by atoms with E-state index in [0.29, 0.717) is 6.54 Å². The molecule has 148 valence electrons. The zero-order valence-electron chi connectivity index (χ0n) is 16.9. The fourth-order valence-corrected chi connectivity index (χ4v) is 3.77. The molecule has 1 aliphatic rings. The van der Waals surface area contributed by atoms with Crippen LogP contribution in [0.3, 0.4) is 0 Å². The molecule has 1 N–H and O–H groups in total. The molecule has 0 saturated carbocycles. The van der Waals surface area contributed by atoms with Crippen LogP contribution >= 0.6 is 0 Å². The van der Waals surface area contributed by atoms with Crippen molar-refractivity contribution in [2.45, 2.75) is 32.2 Å². The van der Waals surface area contributed by atoms with Crippen molar-refractivity contribution in [1.82, 2.24) is 9.80 Å². The molecule has 0 heterocycles. The zero-order chi connectivity index (χ0) is 20.1. The van der Waals surface area contributed by atoms with Crippen LogP contribution in [0.15, 0.2) is 48.5 Å². The molecule has 0 fully saturated rings. The molecule has 0 aliphatic heterocycles. The molecule has 0 radical (unpaired) electrons. The number of hydrogen-bond donors (Lipinski definition) is 1. The van der Waals surface area contributed by atoms with E-state index >= 15 is 0 Å². The predicted octanol–water partition coefficient (Wildman–Crippen LogP) is 3.40. The molecule has 3 rings (SSSR count). The largest absolute Gasteiger partial charge is 0.335 e.